The van der Waals surface area contributed by atoms with Gasteiger partial charge in [-0.3, -0.25) is 4.90 Å². The van der Waals surface area contributed by atoms with E-state index < -0.39 is 0 Å². The number of aliphatic hydroxyl groups is 1. The monoisotopic (exact) mass is 474 g/mol. The fourth-order valence-corrected chi connectivity index (χ4v) is 5.63. The van der Waals surface area contributed by atoms with Gasteiger partial charge in [-0.05, 0) is 59.4 Å². The average molecular weight is 475 g/mol. The fourth-order valence-electron chi connectivity index (χ4n) is 5.63. The van der Waals surface area contributed by atoms with Gasteiger partial charge in [-0.1, -0.05) is 43.8 Å². The molecule has 35 heavy (non-hydrogen) atoms. The number of ether oxygens (including phenoxy) is 2. The second-order valence-electron chi connectivity index (χ2n) is 9.05. The van der Waals surface area contributed by atoms with Crippen LogP contribution in [0, 0.1) is 5.82 Å². The number of benzene rings is 3. The third-order valence-corrected chi connectivity index (χ3v) is 7.28. The van der Waals surface area contributed by atoms with Gasteiger partial charge in [-0.15, -0.1) is 0 Å². The summed E-state index contributed by atoms with van der Waals surface area (Å²) >= 11 is 0. The molecule has 0 aliphatic carbocycles. The summed E-state index contributed by atoms with van der Waals surface area (Å²) in [6.07, 6.45) is 1.60. The van der Waals surface area contributed by atoms with Crippen molar-refractivity contribution in [1.29, 1.82) is 0 Å². The van der Waals surface area contributed by atoms with Crippen molar-refractivity contribution in [2.75, 3.05) is 13.7 Å². The van der Waals surface area contributed by atoms with Crippen molar-refractivity contribution in [3.63, 3.8) is 0 Å². The van der Waals surface area contributed by atoms with Gasteiger partial charge in [0.2, 0.25) is 0 Å². The zero-order valence-corrected chi connectivity index (χ0v) is 19.1. The molecule has 0 spiro atoms. The molecule has 2 aliphatic rings. The van der Waals surface area contributed by atoms with Crippen molar-refractivity contribution in [1.82, 2.24) is 9.47 Å². The smallest absolute Gasteiger partial charge is 0.162 e. The maximum Gasteiger partial charge on any atom is 0.162 e. The zero-order chi connectivity index (χ0) is 23.2. The highest BCUT2D eigenvalue weighted by Crippen LogP contribution is 2.45. The molecule has 3 heterocycles. The third-order valence-electron chi connectivity index (χ3n) is 7.28. The van der Waals surface area contributed by atoms with E-state index in [1.54, 1.807) is 13.2 Å². The van der Waals surface area contributed by atoms with Crippen LogP contribution >= 0.6 is 0 Å². The molecule has 1 N–H and O–H groups in total. The van der Waals surface area contributed by atoms with Gasteiger partial charge in [0, 0.05) is 30.2 Å². The molecule has 0 fully saturated rings. The van der Waals surface area contributed by atoms with E-state index in [0.29, 0.717) is 25.0 Å². The SMILES string of the molecule is C.COc1cc2c(cc1OCc1ccccc1)C1Cc3c(n(CO)c4cccc(F)c34)CN1CC2. The number of hydrogen-bond donors (Lipinski definition) is 1. The topological polar surface area (TPSA) is 46.9 Å². The van der Waals surface area contributed by atoms with Crippen molar-refractivity contribution in [3.05, 3.63) is 94.4 Å². The molecule has 6 heteroatoms. The number of rotatable bonds is 5. The first-order chi connectivity index (χ1) is 16.7. The molecule has 0 amide bonds. The van der Waals surface area contributed by atoms with E-state index in [0.717, 1.165) is 46.8 Å². The molecule has 0 saturated heterocycles. The minimum absolute atomic E-state index is 0. The van der Waals surface area contributed by atoms with Crippen LogP contribution in [0.15, 0.2) is 60.7 Å². The second-order valence-corrected chi connectivity index (χ2v) is 9.05. The van der Waals surface area contributed by atoms with Crippen LogP contribution < -0.4 is 9.47 Å². The Labute approximate surface area is 205 Å². The largest absolute Gasteiger partial charge is 0.493 e. The van der Waals surface area contributed by atoms with Gasteiger partial charge in [0.05, 0.1) is 12.6 Å². The van der Waals surface area contributed by atoms with Crippen molar-refractivity contribution in [2.24, 2.45) is 0 Å². The Kier molecular flexibility index (Phi) is 6.26. The van der Waals surface area contributed by atoms with Crippen LogP contribution in [0.25, 0.3) is 10.9 Å². The van der Waals surface area contributed by atoms with Crippen molar-refractivity contribution in [2.45, 2.75) is 46.2 Å². The number of fused-ring (bicyclic) bond motifs is 6. The molecule has 4 aromatic rings. The summed E-state index contributed by atoms with van der Waals surface area (Å²) < 4.78 is 28.6. The summed E-state index contributed by atoms with van der Waals surface area (Å²) in [4.78, 5) is 2.43. The van der Waals surface area contributed by atoms with Crippen LogP contribution in [0.1, 0.15) is 41.4 Å². The number of aliphatic hydroxyl groups excluding tert-OH is 1. The molecule has 5 nitrogen and oxygen atoms in total. The van der Waals surface area contributed by atoms with Crippen LogP contribution in [0.4, 0.5) is 4.39 Å². The van der Waals surface area contributed by atoms with Crippen molar-refractivity contribution >= 4 is 10.9 Å². The van der Waals surface area contributed by atoms with Gasteiger partial charge >= 0.3 is 0 Å². The van der Waals surface area contributed by atoms with Gasteiger partial charge in [0.25, 0.3) is 0 Å². The molecule has 3 aromatic carbocycles. The standard InChI is InChI=1S/C28H27FN2O3.CH4/c1-33-26-12-19-10-11-30-15-25-21(28-22(29)8-5-9-23(28)31(25)17-32)13-24(30)20(19)14-27(26)34-16-18-6-3-2-4-7-18;/h2-9,12,14,24,32H,10-11,13,15-17H2,1H3;1H4. The quantitative estimate of drug-likeness (QED) is 0.409. The Morgan fingerprint density at radius 1 is 1.06 bits per heavy atom. The third kappa shape index (κ3) is 3.87. The number of hydrogen-bond acceptors (Lipinski definition) is 4. The Morgan fingerprint density at radius 2 is 1.89 bits per heavy atom. The molecule has 1 unspecified atom stereocenters. The first-order valence-corrected chi connectivity index (χ1v) is 11.7. The van der Waals surface area contributed by atoms with Crippen LogP contribution in [0.5, 0.6) is 11.5 Å². The average Bonchev–Trinajstić information content (AvgIpc) is 3.19. The van der Waals surface area contributed by atoms with Gasteiger partial charge in [-0.2, -0.15) is 0 Å². The number of halogens is 1. The van der Waals surface area contributed by atoms with Crippen LogP contribution in [-0.2, 0) is 32.7 Å². The molecule has 0 bridgehead atoms. The highest BCUT2D eigenvalue weighted by atomic mass is 19.1. The normalized spacial score (nSPS) is 16.7. The van der Waals surface area contributed by atoms with E-state index in [4.69, 9.17) is 9.47 Å². The molecule has 2 aliphatic heterocycles. The van der Waals surface area contributed by atoms with E-state index >= 15 is 0 Å². The maximum absolute atomic E-state index is 14.9. The number of methoxy groups -OCH3 is 1. The second kappa shape index (κ2) is 9.36. The minimum Gasteiger partial charge on any atom is -0.493 e. The maximum atomic E-state index is 14.9. The summed E-state index contributed by atoms with van der Waals surface area (Å²) in [5.41, 5.74) is 6.32. The predicted octanol–water partition coefficient (Wildman–Crippen LogP) is 5.61. The lowest BCUT2D eigenvalue weighted by molar-refractivity contribution is 0.145. The zero-order valence-electron chi connectivity index (χ0n) is 19.1. The Morgan fingerprint density at radius 3 is 2.66 bits per heavy atom. The molecular weight excluding hydrogens is 443 g/mol. The molecule has 0 saturated carbocycles. The van der Waals surface area contributed by atoms with E-state index in [2.05, 4.69) is 17.0 Å². The van der Waals surface area contributed by atoms with Crippen LogP contribution in [0.2, 0.25) is 0 Å². The van der Waals surface area contributed by atoms with Gasteiger partial charge in [-0.25, -0.2) is 4.39 Å². The summed E-state index contributed by atoms with van der Waals surface area (Å²) in [6, 6.07) is 19.5. The van der Waals surface area contributed by atoms with E-state index in [9.17, 15) is 9.50 Å². The van der Waals surface area contributed by atoms with Crippen molar-refractivity contribution in [3.8, 4) is 11.5 Å². The first-order valence-electron chi connectivity index (χ1n) is 11.7. The lowest BCUT2D eigenvalue weighted by Gasteiger charge is -2.41. The number of aromatic nitrogens is 1. The fraction of sp³-hybridized carbons (Fsp3) is 0.310. The minimum atomic E-state index is -0.230. The van der Waals surface area contributed by atoms with E-state index in [-0.39, 0.29) is 26.0 Å². The summed E-state index contributed by atoms with van der Waals surface area (Å²) in [7, 11) is 1.67. The highest BCUT2D eigenvalue weighted by molar-refractivity contribution is 5.86. The summed E-state index contributed by atoms with van der Waals surface area (Å²) in [5, 5.41) is 10.7. The lowest BCUT2D eigenvalue weighted by Crippen LogP contribution is -2.40. The van der Waals surface area contributed by atoms with Crippen molar-refractivity contribution < 1.29 is 19.0 Å². The van der Waals surface area contributed by atoms with Gasteiger partial charge < -0.3 is 19.1 Å². The van der Waals surface area contributed by atoms with Crippen LogP contribution in [-0.4, -0.2) is 28.2 Å². The summed E-state index contributed by atoms with van der Waals surface area (Å²) in [6.45, 7) is 1.89. The molecule has 1 atom stereocenters. The van der Waals surface area contributed by atoms with E-state index in [1.165, 1.54) is 17.2 Å². The first kappa shape index (κ1) is 23.4. The lowest BCUT2D eigenvalue weighted by atomic mass is 9.85. The van der Waals surface area contributed by atoms with E-state index in [1.807, 2.05) is 41.0 Å². The highest BCUT2D eigenvalue weighted by Gasteiger charge is 2.36. The molecule has 6 rings (SSSR count). The van der Waals surface area contributed by atoms with Gasteiger partial charge in [0.1, 0.15) is 19.2 Å². The molecular formula is C29H31FN2O3. The van der Waals surface area contributed by atoms with Gasteiger partial charge in [0.15, 0.2) is 11.5 Å². The summed E-state index contributed by atoms with van der Waals surface area (Å²) in [5.74, 6) is 1.23. The Balaban J connectivity index is 0.00000253. The predicted molar refractivity (Wildman–Crippen MR) is 135 cm³/mol. The Bertz CT molecular complexity index is 1370. The number of nitrogens with zero attached hydrogens (tertiary/aromatic N) is 2. The molecule has 0 radical (unpaired) electrons. The Hall–Kier alpha value is -3.35. The molecule has 1 aromatic heterocycles. The molecule has 182 valence electrons. The van der Waals surface area contributed by atoms with Crippen LogP contribution in [0.3, 0.4) is 0 Å².